The van der Waals surface area contributed by atoms with Crippen molar-refractivity contribution in [2.24, 2.45) is 0 Å². The Labute approximate surface area is 116 Å². The molecule has 0 saturated carbocycles. The number of carboxylic acid groups (broad SMARTS) is 1. The van der Waals surface area contributed by atoms with Crippen LogP contribution >= 0.6 is 0 Å². The second kappa shape index (κ2) is 6.33. The minimum Gasteiger partial charge on any atom is -0.478 e. The van der Waals surface area contributed by atoms with Gasteiger partial charge in [0.25, 0.3) is 5.69 Å². The lowest BCUT2D eigenvalue weighted by Gasteiger charge is -2.32. The van der Waals surface area contributed by atoms with Gasteiger partial charge in [-0.3, -0.25) is 10.1 Å². The van der Waals surface area contributed by atoms with Gasteiger partial charge in [-0.15, -0.1) is 0 Å². The quantitative estimate of drug-likeness (QED) is 0.522. The van der Waals surface area contributed by atoms with Crippen LogP contribution in [-0.4, -0.2) is 33.3 Å². The van der Waals surface area contributed by atoms with E-state index in [9.17, 15) is 20.0 Å². The molecule has 0 aliphatic rings. The number of rotatable bonds is 7. The third-order valence-corrected chi connectivity index (χ3v) is 3.52. The Morgan fingerprint density at radius 3 is 2.40 bits per heavy atom. The summed E-state index contributed by atoms with van der Waals surface area (Å²) in [6.07, 6.45) is 1.01. The summed E-state index contributed by atoms with van der Waals surface area (Å²) in [5.74, 6) is -1.25. The summed E-state index contributed by atoms with van der Waals surface area (Å²) in [6.45, 7) is 3.40. The second-order valence-corrected chi connectivity index (χ2v) is 4.53. The Hall–Kier alpha value is -2.15. The van der Waals surface area contributed by atoms with Crippen LogP contribution in [0.4, 0.5) is 11.4 Å². The molecule has 0 aliphatic carbocycles. The number of aliphatic hydroxyl groups excluding tert-OH is 1. The molecule has 0 amide bonds. The number of benzene rings is 1. The van der Waals surface area contributed by atoms with Crippen molar-refractivity contribution in [1.29, 1.82) is 0 Å². The predicted molar refractivity (Wildman–Crippen MR) is 74.1 cm³/mol. The molecule has 110 valence electrons. The minimum absolute atomic E-state index is 0.0669. The van der Waals surface area contributed by atoms with Crippen molar-refractivity contribution in [3.05, 3.63) is 33.9 Å². The fourth-order valence-electron chi connectivity index (χ4n) is 1.96. The van der Waals surface area contributed by atoms with Crippen LogP contribution in [0.3, 0.4) is 0 Å². The van der Waals surface area contributed by atoms with Crippen molar-refractivity contribution < 1.29 is 19.9 Å². The SMILES string of the molecule is CCC(CC)(CO)Nc1c(C(=O)O)cccc1[N+](=O)[O-]. The Morgan fingerprint density at radius 1 is 1.40 bits per heavy atom. The first-order valence-electron chi connectivity index (χ1n) is 6.30. The molecule has 0 radical (unpaired) electrons. The Morgan fingerprint density at radius 2 is 2.00 bits per heavy atom. The molecule has 0 fully saturated rings. The van der Waals surface area contributed by atoms with E-state index in [1.165, 1.54) is 18.2 Å². The number of nitro benzene ring substituents is 1. The van der Waals surface area contributed by atoms with Crippen molar-refractivity contribution in [3.63, 3.8) is 0 Å². The average molecular weight is 282 g/mol. The number of hydrogen-bond acceptors (Lipinski definition) is 5. The minimum atomic E-state index is -1.25. The van der Waals surface area contributed by atoms with Crippen LogP contribution in [0.5, 0.6) is 0 Å². The summed E-state index contributed by atoms with van der Waals surface area (Å²) >= 11 is 0. The van der Waals surface area contributed by atoms with Crippen LogP contribution in [-0.2, 0) is 0 Å². The lowest BCUT2D eigenvalue weighted by atomic mass is 9.92. The van der Waals surface area contributed by atoms with Gasteiger partial charge in [-0.25, -0.2) is 4.79 Å². The number of carboxylic acids is 1. The third kappa shape index (κ3) is 3.05. The molecule has 1 aromatic carbocycles. The molecule has 0 spiro atoms. The zero-order valence-corrected chi connectivity index (χ0v) is 11.4. The van der Waals surface area contributed by atoms with Gasteiger partial charge in [-0.2, -0.15) is 0 Å². The van der Waals surface area contributed by atoms with E-state index in [-0.39, 0.29) is 23.5 Å². The molecule has 1 aromatic rings. The highest BCUT2D eigenvalue weighted by Gasteiger charge is 2.31. The number of hydrogen-bond donors (Lipinski definition) is 3. The predicted octanol–water partition coefficient (Wildman–Crippen LogP) is 2.26. The summed E-state index contributed by atoms with van der Waals surface area (Å²) in [6, 6.07) is 3.86. The maximum Gasteiger partial charge on any atom is 0.338 e. The molecule has 1 rings (SSSR count). The van der Waals surface area contributed by atoms with Gasteiger partial charge in [-0.05, 0) is 18.9 Å². The van der Waals surface area contributed by atoms with Gasteiger partial charge in [0.15, 0.2) is 0 Å². The molecule has 20 heavy (non-hydrogen) atoms. The van der Waals surface area contributed by atoms with Gasteiger partial charge < -0.3 is 15.5 Å². The van der Waals surface area contributed by atoms with Crippen molar-refractivity contribution in [1.82, 2.24) is 0 Å². The lowest BCUT2D eigenvalue weighted by Crippen LogP contribution is -2.41. The smallest absolute Gasteiger partial charge is 0.338 e. The fraction of sp³-hybridized carbons (Fsp3) is 0.462. The number of nitrogens with zero attached hydrogens (tertiary/aromatic N) is 1. The van der Waals surface area contributed by atoms with E-state index in [4.69, 9.17) is 5.11 Å². The zero-order valence-electron chi connectivity index (χ0n) is 11.4. The Kier molecular flexibility index (Phi) is 5.04. The Bertz CT molecular complexity index is 471. The van der Waals surface area contributed by atoms with E-state index in [0.29, 0.717) is 12.8 Å². The monoisotopic (exact) mass is 282 g/mol. The van der Waals surface area contributed by atoms with Gasteiger partial charge in [0.05, 0.1) is 22.6 Å². The van der Waals surface area contributed by atoms with Gasteiger partial charge in [0, 0.05) is 6.07 Å². The summed E-state index contributed by atoms with van der Waals surface area (Å²) in [5.41, 5.74) is -1.35. The first-order valence-corrected chi connectivity index (χ1v) is 6.30. The maximum absolute atomic E-state index is 11.2. The number of para-hydroxylation sites is 1. The molecule has 0 unspecified atom stereocenters. The zero-order chi connectivity index (χ0) is 15.3. The van der Waals surface area contributed by atoms with E-state index < -0.39 is 16.4 Å². The highest BCUT2D eigenvalue weighted by molar-refractivity contribution is 5.97. The molecular weight excluding hydrogens is 264 g/mol. The summed E-state index contributed by atoms with van der Waals surface area (Å²) in [4.78, 5) is 21.6. The number of anilines is 1. The number of carbonyl (C=O) groups is 1. The summed E-state index contributed by atoms with van der Waals surface area (Å²) < 4.78 is 0. The van der Waals surface area contributed by atoms with E-state index in [2.05, 4.69) is 5.32 Å². The summed E-state index contributed by atoms with van der Waals surface area (Å²) in [5, 5.41) is 32.6. The maximum atomic E-state index is 11.2. The highest BCUT2D eigenvalue weighted by Crippen LogP contribution is 2.32. The molecular formula is C13H18N2O5. The molecule has 0 bridgehead atoms. The van der Waals surface area contributed by atoms with Crippen LogP contribution in [0.2, 0.25) is 0 Å². The molecule has 7 heteroatoms. The fourth-order valence-corrected chi connectivity index (χ4v) is 1.96. The van der Waals surface area contributed by atoms with E-state index in [1.54, 1.807) is 0 Å². The molecule has 0 aliphatic heterocycles. The molecule has 0 atom stereocenters. The van der Waals surface area contributed by atoms with Crippen molar-refractivity contribution in [3.8, 4) is 0 Å². The molecule has 0 saturated heterocycles. The summed E-state index contributed by atoms with van der Waals surface area (Å²) in [7, 11) is 0. The highest BCUT2D eigenvalue weighted by atomic mass is 16.6. The van der Waals surface area contributed by atoms with E-state index in [1.807, 2.05) is 13.8 Å². The van der Waals surface area contributed by atoms with Crippen molar-refractivity contribution in [2.75, 3.05) is 11.9 Å². The van der Waals surface area contributed by atoms with Gasteiger partial charge >= 0.3 is 5.97 Å². The van der Waals surface area contributed by atoms with Crippen LogP contribution in [0, 0.1) is 10.1 Å². The van der Waals surface area contributed by atoms with Crippen LogP contribution in [0.25, 0.3) is 0 Å². The van der Waals surface area contributed by atoms with E-state index in [0.717, 1.165) is 0 Å². The van der Waals surface area contributed by atoms with E-state index >= 15 is 0 Å². The first-order chi connectivity index (χ1) is 9.40. The van der Waals surface area contributed by atoms with Gasteiger partial charge in [0.2, 0.25) is 0 Å². The standard InChI is InChI=1S/C13H18N2O5/c1-3-13(4-2,8-16)14-11-9(12(17)18)6-5-7-10(11)15(19)20/h5-7,14,16H,3-4,8H2,1-2H3,(H,17,18). The largest absolute Gasteiger partial charge is 0.478 e. The van der Waals surface area contributed by atoms with Gasteiger partial charge in [0.1, 0.15) is 5.69 Å². The Balaban J connectivity index is 3.40. The topological polar surface area (TPSA) is 113 Å². The van der Waals surface area contributed by atoms with Crippen molar-refractivity contribution in [2.45, 2.75) is 32.2 Å². The molecule has 0 aromatic heterocycles. The van der Waals surface area contributed by atoms with Crippen LogP contribution < -0.4 is 5.32 Å². The normalized spacial score (nSPS) is 11.2. The van der Waals surface area contributed by atoms with Crippen LogP contribution in [0.15, 0.2) is 18.2 Å². The first kappa shape index (κ1) is 15.9. The number of nitrogens with one attached hydrogen (secondary N) is 1. The van der Waals surface area contributed by atoms with Gasteiger partial charge in [-0.1, -0.05) is 19.9 Å². The van der Waals surface area contributed by atoms with Crippen molar-refractivity contribution >= 4 is 17.3 Å². The lowest BCUT2D eigenvalue weighted by molar-refractivity contribution is -0.384. The average Bonchev–Trinajstić information content (AvgIpc) is 2.44. The molecule has 3 N–H and O–H groups in total. The number of aromatic carboxylic acids is 1. The number of nitro groups is 1. The third-order valence-electron chi connectivity index (χ3n) is 3.52. The molecule has 0 heterocycles. The molecule has 7 nitrogen and oxygen atoms in total. The second-order valence-electron chi connectivity index (χ2n) is 4.53. The van der Waals surface area contributed by atoms with Crippen LogP contribution in [0.1, 0.15) is 37.0 Å². The number of aliphatic hydroxyl groups is 1.